The fourth-order valence-corrected chi connectivity index (χ4v) is 1.69. The van der Waals surface area contributed by atoms with Gasteiger partial charge >= 0.3 is 0 Å². The van der Waals surface area contributed by atoms with Gasteiger partial charge in [-0.15, -0.1) is 0 Å². The molecule has 1 atom stereocenters. The Kier molecular flexibility index (Phi) is 5.44. The highest BCUT2D eigenvalue weighted by Gasteiger charge is 2.22. The zero-order valence-electron chi connectivity index (χ0n) is 11.3. The van der Waals surface area contributed by atoms with E-state index in [1.807, 2.05) is 30.3 Å². The number of carbonyl (C=O) groups is 1. The van der Waals surface area contributed by atoms with Gasteiger partial charge in [0.2, 0.25) is 5.91 Å². The Labute approximate surface area is 118 Å². The van der Waals surface area contributed by atoms with Gasteiger partial charge in [-0.1, -0.05) is 30.3 Å². The summed E-state index contributed by atoms with van der Waals surface area (Å²) in [6.07, 6.45) is 0. The Morgan fingerprint density at radius 1 is 1.37 bits per heavy atom. The second kappa shape index (κ2) is 6.84. The highest BCUT2D eigenvalue weighted by Crippen LogP contribution is 2.11. The molecule has 0 aliphatic heterocycles. The average Bonchev–Trinajstić information content (AvgIpc) is 2.38. The van der Waals surface area contributed by atoms with E-state index in [1.165, 1.54) is 4.90 Å². The minimum atomic E-state index is -0.390. The standard InChI is InChI=1S/C13H18N4OS/c1-9(12(18)17(2)3)11(15-16-13(14)19)10-7-5-4-6-8-10/h4-9H,1-3H3,(H3,14,16,19). The highest BCUT2D eigenvalue weighted by molar-refractivity contribution is 7.80. The van der Waals surface area contributed by atoms with Gasteiger partial charge in [-0.25, -0.2) is 0 Å². The molecule has 5 nitrogen and oxygen atoms in total. The molecule has 0 aromatic heterocycles. The molecular formula is C13H18N4OS. The van der Waals surface area contributed by atoms with Crippen LogP contribution in [-0.2, 0) is 4.79 Å². The minimum Gasteiger partial charge on any atom is -0.375 e. The fraction of sp³-hybridized carbons (Fsp3) is 0.308. The molecule has 1 aromatic carbocycles. The number of thiocarbonyl (C=S) groups is 1. The van der Waals surface area contributed by atoms with Crippen LogP contribution in [0, 0.1) is 5.92 Å². The molecule has 1 rings (SSSR count). The summed E-state index contributed by atoms with van der Waals surface area (Å²) >= 11 is 4.73. The molecule has 102 valence electrons. The molecule has 1 unspecified atom stereocenters. The summed E-state index contributed by atoms with van der Waals surface area (Å²) in [5.41, 5.74) is 9.38. The summed E-state index contributed by atoms with van der Waals surface area (Å²) in [6, 6.07) is 9.45. The molecule has 0 saturated carbocycles. The van der Waals surface area contributed by atoms with Gasteiger partial charge in [0, 0.05) is 14.1 Å². The Morgan fingerprint density at radius 2 is 1.95 bits per heavy atom. The SMILES string of the molecule is CC(C(=O)N(C)C)C(=NNC(N)=S)c1ccccc1. The molecule has 3 N–H and O–H groups in total. The fourth-order valence-electron chi connectivity index (χ4n) is 1.64. The average molecular weight is 278 g/mol. The number of benzene rings is 1. The van der Waals surface area contributed by atoms with Crippen LogP contribution in [0.5, 0.6) is 0 Å². The maximum Gasteiger partial charge on any atom is 0.231 e. The molecule has 0 spiro atoms. The van der Waals surface area contributed by atoms with Crippen molar-refractivity contribution in [2.45, 2.75) is 6.92 Å². The second-order valence-electron chi connectivity index (χ2n) is 4.29. The molecular weight excluding hydrogens is 260 g/mol. The summed E-state index contributed by atoms with van der Waals surface area (Å²) in [5.74, 6) is -0.424. The van der Waals surface area contributed by atoms with E-state index in [0.717, 1.165) is 5.56 Å². The van der Waals surface area contributed by atoms with Crippen molar-refractivity contribution in [2.24, 2.45) is 16.8 Å². The Hall–Kier alpha value is -1.95. The first-order valence-corrected chi connectivity index (χ1v) is 6.24. The molecule has 0 radical (unpaired) electrons. The Bertz CT molecular complexity index is 485. The zero-order valence-corrected chi connectivity index (χ0v) is 12.1. The predicted octanol–water partition coefficient (Wildman–Crippen LogP) is 0.948. The number of nitrogens with two attached hydrogens (primary N) is 1. The van der Waals surface area contributed by atoms with E-state index in [-0.39, 0.29) is 16.9 Å². The quantitative estimate of drug-likeness (QED) is 0.489. The number of hydrazone groups is 1. The second-order valence-corrected chi connectivity index (χ2v) is 4.73. The van der Waals surface area contributed by atoms with Crippen LogP contribution < -0.4 is 11.2 Å². The Morgan fingerprint density at radius 3 is 2.42 bits per heavy atom. The van der Waals surface area contributed by atoms with Gasteiger partial charge in [-0.3, -0.25) is 10.2 Å². The molecule has 0 heterocycles. The normalized spacial score (nSPS) is 12.7. The van der Waals surface area contributed by atoms with Crippen molar-refractivity contribution in [3.8, 4) is 0 Å². The summed E-state index contributed by atoms with van der Waals surface area (Å²) in [6.45, 7) is 1.80. The van der Waals surface area contributed by atoms with Gasteiger partial charge < -0.3 is 10.6 Å². The van der Waals surface area contributed by atoms with Gasteiger partial charge in [0.05, 0.1) is 11.6 Å². The van der Waals surface area contributed by atoms with Gasteiger partial charge in [0.15, 0.2) is 5.11 Å². The molecule has 0 aliphatic rings. The van der Waals surface area contributed by atoms with E-state index < -0.39 is 0 Å². The summed E-state index contributed by atoms with van der Waals surface area (Å²) in [4.78, 5) is 13.6. The number of rotatable bonds is 4. The van der Waals surface area contributed by atoms with Crippen molar-refractivity contribution in [1.82, 2.24) is 10.3 Å². The van der Waals surface area contributed by atoms with Crippen LogP contribution in [0.1, 0.15) is 12.5 Å². The van der Waals surface area contributed by atoms with Crippen molar-refractivity contribution < 1.29 is 4.79 Å². The Balaban J connectivity index is 3.10. The molecule has 0 bridgehead atoms. The van der Waals surface area contributed by atoms with E-state index in [9.17, 15) is 4.79 Å². The predicted molar refractivity (Wildman–Crippen MR) is 80.8 cm³/mol. The van der Waals surface area contributed by atoms with Crippen molar-refractivity contribution in [2.75, 3.05) is 14.1 Å². The van der Waals surface area contributed by atoms with Gasteiger partial charge in [0.25, 0.3) is 0 Å². The molecule has 1 aromatic rings. The van der Waals surface area contributed by atoms with Gasteiger partial charge in [-0.05, 0) is 24.7 Å². The lowest BCUT2D eigenvalue weighted by Crippen LogP contribution is -2.35. The smallest absolute Gasteiger partial charge is 0.231 e. The van der Waals surface area contributed by atoms with Crippen LogP contribution in [0.2, 0.25) is 0 Å². The van der Waals surface area contributed by atoms with Crippen LogP contribution in [-0.4, -0.2) is 35.7 Å². The van der Waals surface area contributed by atoms with Gasteiger partial charge in [-0.2, -0.15) is 5.10 Å². The monoisotopic (exact) mass is 278 g/mol. The first-order chi connectivity index (χ1) is 8.93. The lowest BCUT2D eigenvalue weighted by Gasteiger charge is -2.19. The van der Waals surface area contributed by atoms with E-state index >= 15 is 0 Å². The zero-order chi connectivity index (χ0) is 14.4. The van der Waals surface area contributed by atoms with Crippen molar-refractivity contribution in [3.05, 3.63) is 35.9 Å². The first-order valence-electron chi connectivity index (χ1n) is 5.83. The van der Waals surface area contributed by atoms with Crippen LogP contribution in [0.15, 0.2) is 35.4 Å². The number of nitrogens with one attached hydrogen (secondary N) is 1. The number of nitrogens with zero attached hydrogens (tertiary/aromatic N) is 2. The first kappa shape index (κ1) is 15.1. The van der Waals surface area contributed by atoms with E-state index in [0.29, 0.717) is 5.71 Å². The van der Waals surface area contributed by atoms with E-state index in [2.05, 4.69) is 10.5 Å². The molecule has 1 amide bonds. The van der Waals surface area contributed by atoms with Crippen molar-refractivity contribution in [3.63, 3.8) is 0 Å². The third-order valence-corrected chi connectivity index (χ3v) is 2.67. The topological polar surface area (TPSA) is 70.7 Å². The summed E-state index contributed by atoms with van der Waals surface area (Å²) < 4.78 is 0. The minimum absolute atomic E-state index is 0.0349. The molecule has 0 aliphatic carbocycles. The summed E-state index contributed by atoms with van der Waals surface area (Å²) in [5, 5.41) is 4.22. The highest BCUT2D eigenvalue weighted by atomic mass is 32.1. The largest absolute Gasteiger partial charge is 0.375 e. The van der Waals surface area contributed by atoms with E-state index in [1.54, 1.807) is 21.0 Å². The third kappa shape index (κ3) is 4.33. The lowest BCUT2D eigenvalue weighted by molar-refractivity contribution is -0.130. The number of hydrogen-bond donors (Lipinski definition) is 2. The number of hydrogen-bond acceptors (Lipinski definition) is 3. The number of amides is 1. The molecule has 0 fully saturated rings. The van der Waals surface area contributed by atoms with Crippen molar-refractivity contribution in [1.29, 1.82) is 0 Å². The van der Waals surface area contributed by atoms with Crippen LogP contribution in [0.3, 0.4) is 0 Å². The number of carbonyl (C=O) groups excluding carboxylic acids is 1. The molecule has 0 saturated heterocycles. The van der Waals surface area contributed by atoms with Crippen LogP contribution in [0.25, 0.3) is 0 Å². The molecule has 6 heteroatoms. The maximum absolute atomic E-state index is 12.1. The molecule has 19 heavy (non-hydrogen) atoms. The van der Waals surface area contributed by atoms with E-state index in [4.69, 9.17) is 18.0 Å². The van der Waals surface area contributed by atoms with Crippen LogP contribution in [0.4, 0.5) is 0 Å². The maximum atomic E-state index is 12.1. The van der Waals surface area contributed by atoms with Crippen molar-refractivity contribution >= 4 is 28.9 Å². The lowest BCUT2D eigenvalue weighted by atomic mass is 9.97. The summed E-state index contributed by atoms with van der Waals surface area (Å²) in [7, 11) is 3.42. The third-order valence-electron chi connectivity index (χ3n) is 2.58. The van der Waals surface area contributed by atoms with Gasteiger partial charge in [0.1, 0.15) is 0 Å². The van der Waals surface area contributed by atoms with Crippen LogP contribution >= 0.6 is 12.2 Å².